The maximum Gasteiger partial charge on any atom is 0.0808 e. The van der Waals surface area contributed by atoms with Crippen LogP contribution in [0, 0.1) is 0 Å². The summed E-state index contributed by atoms with van der Waals surface area (Å²) >= 11 is 1.75. The fourth-order valence-corrected chi connectivity index (χ4v) is 3.16. The van der Waals surface area contributed by atoms with Crippen molar-refractivity contribution in [2.45, 2.75) is 35.2 Å². The van der Waals surface area contributed by atoms with Gasteiger partial charge in [0, 0.05) is 22.3 Å². The van der Waals surface area contributed by atoms with Crippen LogP contribution in [-0.4, -0.2) is 24.3 Å². The number of likely N-dealkylation sites (N-methyl/N-ethyl adjacent to an activating group) is 1. The SMILES string of the molecule is CNCC(C)(O)C(C)c1ccc(Sc2ccccc2)cc1. The van der Waals surface area contributed by atoms with E-state index in [2.05, 4.69) is 48.6 Å². The van der Waals surface area contributed by atoms with Crippen molar-refractivity contribution in [1.82, 2.24) is 5.32 Å². The highest BCUT2D eigenvalue weighted by molar-refractivity contribution is 7.99. The summed E-state index contributed by atoms with van der Waals surface area (Å²) in [6, 6.07) is 18.8. The van der Waals surface area contributed by atoms with Gasteiger partial charge in [-0.05, 0) is 43.8 Å². The monoisotopic (exact) mass is 301 g/mol. The van der Waals surface area contributed by atoms with Gasteiger partial charge in [-0.25, -0.2) is 0 Å². The van der Waals surface area contributed by atoms with Gasteiger partial charge in [0.2, 0.25) is 0 Å². The van der Waals surface area contributed by atoms with Crippen molar-refractivity contribution < 1.29 is 5.11 Å². The van der Waals surface area contributed by atoms with Crippen LogP contribution < -0.4 is 5.32 Å². The lowest BCUT2D eigenvalue weighted by Gasteiger charge is -2.30. The molecule has 2 aromatic rings. The van der Waals surface area contributed by atoms with Crippen LogP contribution in [0.3, 0.4) is 0 Å². The van der Waals surface area contributed by atoms with Crippen molar-refractivity contribution in [3.8, 4) is 0 Å². The van der Waals surface area contributed by atoms with Crippen LogP contribution in [0.4, 0.5) is 0 Å². The van der Waals surface area contributed by atoms with Gasteiger partial charge in [0.25, 0.3) is 0 Å². The Labute approximate surface area is 131 Å². The largest absolute Gasteiger partial charge is 0.388 e. The predicted molar refractivity (Wildman–Crippen MR) is 90.0 cm³/mol. The van der Waals surface area contributed by atoms with Gasteiger partial charge in [0.1, 0.15) is 0 Å². The Morgan fingerprint density at radius 3 is 2.19 bits per heavy atom. The van der Waals surface area contributed by atoms with Crippen molar-refractivity contribution in [3.63, 3.8) is 0 Å². The molecule has 0 aliphatic carbocycles. The number of hydrogen-bond donors (Lipinski definition) is 2. The lowest BCUT2D eigenvalue weighted by atomic mass is 9.85. The average Bonchev–Trinajstić information content (AvgIpc) is 2.48. The lowest BCUT2D eigenvalue weighted by molar-refractivity contribution is 0.0382. The molecule has 0 spiro atoms. The molecule has 0 saturated carbocycles. The van der Waals surface area contributed by atoms with Crippen molar-refractivity contribution in [2.24, 2.45) is 0 Å². The number of aliphatic hydroxyl groups is 1. The van der Waals surface area contributed by atoms with Crippen LogP contribution in [-0.2, 0) is 0 Å². The zero-order valence-electron chi connectivity index (χ0n) is 12.8. The van der Waals surface area contributed by atoms with Gasteiger partial charge >= 0.3 is 0 Å². The highest BCUT2D eigenvalue weighted by Gasteiger charge is 2.28. The van der Waals surface area contributed by atoms with Crippen LogP contribution in [0.15, 0.2) is 64.4 Å². The molecule has 0 saturated heterocycles. The van der Waals surface area contributed by atoms with E-state index in [-0.39, 0.29) is 5.92 Å². The minimum absolute atomic E-state index is 0.0840. The first kappa shape index (κ1) is 16.1. The third-order valence-electron chi connectivity index (χ3n) is 3.83. The molecule has 0 fully saturated rings. The minimum atomic E-state index is -0.747. The summed E-state index contributed by atoms with van der Waals surface area (Å²) in [4.78, 5) is 2.45. The quantitative estimate of drug-likeness (QED) is 0.848. The Balaban J connectivity index is 2.08. The third kappa shape index (κ3) is 4.34. The molecule has 3 heteroatoms. The van der Waals surface area contributed by atoms with Crippen LogP contribution >= 0.6 is 11.8 Å². The maximum absolute atomic E-state index is 10.5. The van der Waals surface area contributed by atoms with Crippen molar-refractivity contribution in [2.75, 3.05) is 13.6 Å². The number of rotatable bonds is 6. The smallest absolute Gasteiger partial charge is 0.0808 e. The molecule has 21 heavy (non-hydrogen) atoms. The third-order valence-corrected chi connectivity index (χ3v) is 4.84. The Bertz CT molecular complexity index is 551. The van der Waals surface area contributed by atoms with E-state index in [0.717, 1.165) is 5.56 Å². The molecule has 2 nitrogen and oxygen atoms in total. The first-order valence-electron chi connectivity index (χ1n) is 7.23. The molecular formula is C18H23NOS. The summed E-state index contributed by atoms with van der Waals surface area (Å²) in [7, 11) is 1.86. The fraction of sp³-hybridized carbons (Fsp3) is 0.333. The second-order valence-corrected chi connectivity index (χ2v) is 6.74. The van der Waals surface area contributed by atoms with E-state index in [9.17, 15) is 5.11 Å². The zero-order chi connectivity index (χ0) is 15.3. The molecule has 112 valence electrons. The van der Waals surface area contributed by atoms with E-state index in [1.807, 2.05) is 32.2 Å². The van der Waals surface area contributed by atoms with Crippen LogP contribution in [0.1, 0.15) is 25.3 Å². The summed E-state index contributed by atoms with van der Waals surface area (Å²) in [5.74, 6) is 0.0840. The molecule has 0 aliphatic rings. The van der Waals surface area contributed by atoms with Crippen molar-refractivity contribution in [3.05, 3.63) is 60.2 Å². The molecular weight excluding hydrogens is 278 g/mol. The summed E-state index contributed by atoms with van der Waals surface area (Å²) < 4.78 is 0. The van der Waals surface area contributed by atoms with Gasteiger partial charge in [0.15, 0.2) is 0 Å². The van der Waals surface area contributed by atoms with Gasteiger partial charge < -0.3 is 10.4 Å². The molecule has 2 rings (SSSR count). The summed E-state index contributed by atoms with van der Waals surface area (Å²) in [5, 5.41) is 13.5. The van der Waals surface area contributed by atoms with E-state index in [4.69, 9.17) is 0 Å². The van der Waals surface area contributed by atoms with E-state index in [1.165, 1.54) is 9.79 Å². The number of hydrogen-bond acceptors (Lipinski definition) is 3. The van der Waals surface area contributed by atoms with Gasteiger partial charge in [-0.3, -0.25) is 0 Å². The lowest BCUT2D eigenvalue weighted by Crippen LogP contribution is -2.40. The molecule has 0 heterocycles. The Morgan fingerprint density at radius 2 is 1.62 bits per heavy atom. The van der Waals surface area contributed by atoms with Crippen LogP contribution in [0.5, 0.6) is 0 Å². The molecule has 0 aromatic heterocycles. The average molecular weight is 301 g/mol. The normalized spacial score (nSPS) is 15.4. The number of nitrogens with one attached hydrogen (secondary N) is 1. The molecule has 0 aliphatic heterocycles. The Morgan fingerprint density at radius 1 is 1.05 bits per heavy atom. The van der Waals surface area contributed by atoms with Gasteiger partial charge in [-0.2, -0.15) is 0 Å². The maximum atomic E-state index is 10.5. The Hall–Kier alpha value is -1.29. The first-order valence-corrected chi connectivity index (χ1v) is 8.04. The highest BCUT2D eigenvalue weighted by Crippen LogP contribution is 2.31. The second kappa shape index (κ2) is 7.12. The molecule has 2 aromatic carbocycles. The molecule has 2 N–H and O–H groups in total. The van der Waals surface area contributed by atoms with Crippen molar-refractivity contribution in [1.29, 1.82) is 0 Å². The second-order valence-electron chi connectivity index (χ2n) is 5.59. The predicted octanol–water partition coefficient (Wildman–Crippen LogP) is 3.91. The zero-order valence-corrected chi connectivity index (χ0v) is 13.7. The van der Waals surface area contributed by atoms with Crippen LogP contribution in [0.25, 0.3) is 0 Å². The topological polar surface area (TPSA) is 32.3 Å². The summed E-state index contributed by atoms with van der Waals surface area (Å²) in [6.45, 7) is 4.52. The van der Waals surface area contributed by atoms with Crippen molar-refractivity contribution >= 4 is 11.8 Å². The summed E-state index contributed by atoms with van der Waals surface area (Å²) in [6.07, 6.45) is 0. The van der Waals surface area contributed by atoms with E-state index in [0.29, 0.717) is 6.54 Å². The molecule has 2 unspecified atom stereocenters. The highest BCUT2D eigenvalue weighted by atomic mass is 32.2. The Kier molecular flexibility index (Phi) is 5.45. The standard InChI is InChI=1S/C18H23NOS/c1-14(18(2,20)13-19-3)15-9-11-17(12-10-15)21-16-7-5-4-6-8-16/h4-12,14,19-20H,13H2,1-3H3. The molecule has 0 radical (unpaired) electrons. The number of benzene rings is 2. The van der Waals surface area contributed by atoms with Gasteiger partial charge in [0.05, 0.1) is 5.60 Å². The van der Waals surface area contributed by atoms with Crippen LogP contribution in [0.2, 0.25) is 0 Å². The van der Waals surface area contributed by atoms with E-state index >= 15 is 0 Å². The van der Waals surface area contributed by atoms with Gasteiger partial charge in [-0.15, -0.1) is 0 Å². The first-order chi connectivity index (χ1) is 10.0. The molecule has 0 bridgehead atoms. The van der Waals surface area contributed by atoms with Gasteiger partial charge in [-0.1, -0.05) is 49.0 Å². The minimum Gasteiger partial charge on any atom is -0.388 e. The van der Waals surface area contributed by atoms with E-state index in [1.54, 1.807) is 11.8 Å². The molecule has 2 atom stereocenters. The summed E-state index contributed by atoms with van der Waals surface area (Å²) in [5.41, 5.74) is 0.413. The van der Waals surface area contributed by atoms with E-state index < -0.39 is 5.60 Å². The molecule has 0 amide bonds. The fourth-order valence-electron chi connectivity index (χ4n) is 2.32.